The molecule has 0 aliphatic rings. The van der Waals surface area contributed by atoms with Crippen LogP contribution in [0.15, 0.2) is 24.3 Å². The van der Waals surface area contributed by atoms with Gasteiger partial charge >= 0.3 is 6.09 Å². The minimum atomic E-state index is -0.480. The Bertz CT molecular complexity index is 382. The zero-order valence-corrected chi connectivity index (χ0v) is 11.0. The Morgan fingerprint density at radius 2 is 1.78 bits per heavy atom. The number of benzene rings is 1. The van der Waals surface area contributed by atoms with Crippen LogP contribution in [0.4, 0.5) is 4.79 Å². The van der Waals surface area contributed by atoms with Crippen molar-refractivity contribution in [3.8, 4) is 0 Å². The molecule has 0 aliphatic carbocycles. The van der Waals surface area contributed by atoms with Gasteiger partial charge in [0.25, 0.3) is 0 Å². The van der Waals surface area contributed by atoms with E-state index in [-0.39, 0.29) is 0 Å². The zero-order valence-electron chi connectivity index (χ0n) is 11.0. The van der Waals surface area contributed by atoms with E-state index in [0.29, 0.717) is 13.2 Å². The zero-order chi connectivity index (χ0) is 13.6. The van der Waals surface area contributed by atoms with Crippen molar-refractivity contribution in [1.29, 1.82) is 0 Å². The molecular formula is C13H20N2O3. The maximum absolute atomic E-state index is 11.4. The molecule has 0 unspecified atom stereocenters. The molecule has 100 valence electrons. The van der Waals surface area contributed by atoms with E-state index in [1.807, 2.05) is 45.0 Å². The summed E-state index contributed by atoms with van der Waals surface area (Å²) in [7, 11) is 0. The van der Waals surface area contributed by atoms with Crippen molar-refractivity contribution in [3.05, 3.63) is 35.4 Å². The molecule has 5 heteroatoms. The quantitative estimate of drug-likeness (QED) is 0.805. The van der Waals surface area contributed by atoms with Gasteiger partial charge in [-0.05, 0) is 31.9 Å². The number of nitrogens with one attached hydrogen (secondary N) is 1. The third-order valence-electron chi connectivity index (χ3n) is 2.11. The summed E-state index contributed by atoms with van der Waals surface area (Å²) in [6.07, 6.45) is -0.420. The number of nitrogens with two attached hydrogens (primary N) is 1. The maximum Gasteiger partial charge on any atom is 0.407 e. The molecule has 0 aromatic heterocycles. The van der Waals surface area contributed by atoms with Crippen LogP contribution in [0.25, 0.3) is 0 Å². The highest BCUT2D eigenvalue weighted by Crippen LogP contribution is 2.08. The van der Waals surface area contributed by atoms with Crippen molar-refractivity contribution < 1.29 is 14.4 Å². The van der Waals surface area contributed by atoms with E-state index >= 15 is 0 Å². The summed E-state index contributed by atoms with van der Waals surface area (Å²) < 4.78 is 5.14. The summed E-state index contributed by atoms with van der Waals surface area (Å²) in [6, 6.07) is 7.62. The number of alkyl carbamates (subject to hydrolysis) is 1. The molecule has 0 radical (unpaired) electrons. The second-order valence-corrected chi connectivity index (χ2v) is 4.98. The Kier molecular flexibility index (Phi) is 5.12. The summed E-state index contributed by atoms with van der Waals surface area (Å²) >= 11 is 0. The number of rotatable bonds is 4. The van der Waals surface area contributed by atoms with Gasteiger partial charge in [0.2, 0.25) is 0 Å². The second-order valence-electron chi connectivity index (χ2n) is 4.98. The average Bonchev–Trinajstić information content (AvgIpc) is 2.26. The monoisotopic (exact) mass is 252 g/mol. The lowest BCUT2D eigenvalue weighted by Gasteiger charge is -2.19. The van der Waals surface area contributed by atoms with Gasteiger partial charge in [-0.1, -0.05) is 24.3 Å². The molecule has 0 heterocycles. The van der Waals surface area contributed by atoms with Crippen molar-refractivity contribution in [2.24, 2.45) is 5.90 Å². The van der Waals surface area contributed by atoms with Crippen LogP contribution in [0.2, 0.25) is 0 Å². The molecule has 0 fully saturated rings. The standard InChI is InChI=1S/C13H20N2O3/c1-13(2,3)18-12(16)15-8-10-4-6-11(7-5-10)9-17-14/h4-7H,8-9,14H2,1-3H3,(H,15,16). The normalized spacial score (nSPS) is 11.1. The van der Waals surface area contributed by atoms with Crippen LogP contribution in [-0.4, -0.2) is 11.7 Å². The van der Waals surface area contributed by atoms with E-state index in [1.54, 1.807) is 0 Å². The van der Waals surface area contributed by atoms with Crippen molar-refractivity contribution in [3.63, 3.8) is 0 Å². The first-order valence-electron chi connectivity index (χ1n) is 5.77. The van der Waals surface area contributed by atoms with Crippen LogP contribution in [-0.2, 0) is 22.7 Å². The van der Waals surface area contributed by atoms with Crippen LogP contribution in [0.1, 0.15) is 31.9 Å². The number of amides is 1. The lowest BCUT2D eigenvalue weighted by Crippen LogP contribution is -2.32. The van der Waals surface area contributed by atoms with E-state index in [9.17, 15) is 4.79 Å². The predicted octanol–water partition coefficient (Wildman–Crippen LogP) is 2.10. The summed E-state index contributed by atoms with van der Waals surface area (Å²) in [4.78, 5) is 16.0. The SMILES string of the molecule is CC(C)(C)OC(=O)NCc1ccc(CON)cc1. The Balaban J connectivity index is 2.41. The summed E-state index contributed by atoms with van der Waals surface area (Å²) in [5.41, 5.74) is 1.49. The third kappa shape index (κ3) is 5.65. The third-order valence-corrected chi connectivity index (χ3v) is 2.11. The van der Waals surface area contributed by atoms with Gasteiger partial charge in [0.1, 0.15) is 5.60 Å². The van der Waals surface area contributed by atoms with Crippen LogP contribution in [0.5, 0.6) is 0 Å². The Hall–Kier alpha value is -1.59. The molecule has 1 rings (SSSR count). The van der Waals surface area contributed by atoms with Crippen LogP contribution in [0, 0.1) is 0 Å². The minimum Gasteiger partial charge on any atom is -0.444 e. The van der Waals surface area contributed by atoms with Crippen molar-refractivity contribution in [2.45, 2.75) is 39.5 Å². The van der Waals surface area contributed by atoms with Gasteiger partial charge in [-0.2, -0.15) is 0 Å². The largest absolute Gasteiger partial charge is 0.444 e. The maximum atomic E-state index is 11.4. The highest BCUT2D eigenvalue weighted by molar-refractivity contribution is 5.67. The second kappa shape index (κ2) is 6.37. The van der Waals surface area contributed by atoms with E-state index in [1.165, 1.54) is 0 Å². The Morgan fingerprint density at radius 1 is 1.22 bits per heavy atom. The molecule has 0 atom stereocenters. The number of hydrogen-bond acceptors (Lipinski definition) is 4. The molecule has 0 bridgehead atoms. The van der Waals surface area contributed by atoms with Crippen molar-refractivity contribution >= 4 is 6.09 Å². The topological polar surface area (TPSA) is 73.6 Å². The summed E-state index contributed by atoms with van der Waals surface area (Å²) in [5, 5.41) is 2.69. The van der Waals surface area contributed by atoms with Gasteiger partial charge in [-0.25, -0.2) is 10.7 Å². The van der Waals surface area contributed by atoms with Gasteiger partial charge in [-0.3, -0.25) is 4.84 Å². The molecular weight excluding hydrogens is 232 g/mol. The molecule has 1 aromatic rings. The fourth-order valence-corrected chi connectivity index (χ4v) is 1.34. The van der Waals surface area contributed by atoms with E-state index in [0.717, 1.165) is 11.1 Å². The van der Waals surface area contributed by atoms with Gasteiger partial charge in [-0.15, -0.1) is 0 Å². The fourth-order valence-electron chi connectivity index (χ4n) is 1.34. The summed E-state index contributed by atoms with van der Waals surface area (Å²) in [6.45, 7) is 6.29. The van der Waals surface area contributed by atoms with Crippen molar-refractivity contribution in [1.82, 2.24) is 5.32 Å². The fraction of sp³-hybridized carbons (Fsp3) is 0.462. The predicted molar refractivity (Wildman–Crippen MR) is 68.5 cm³/mol. The van der Waals surface area contributed by atoms with Crippen LogP contribution >= 0.6 is 0 Å². The van der Waals surface area contributed by atoms with E-state index in [2.05, 4.69) is 10.2 Å². The van der Waals surface area contributed by atoms with Gasteiger partial charge in [0.05, 0.1) is 6.61 Å². The molecule has 3 N–H and O–H groups in total. The molecule has 5 nitrogen and oxygen atoms in total. The Labute approximate surface area is 107 Å². The molecule has 0 aliphatic heterocycles. The first-order valence-corrected chi connectivity index (χ1v) is 5.77. The molecule has 1 amide bonds. The number of carbonyl (C=O) groups is 1. The molecule has 0 saturated heterocycles. The van der Waals surface area contributed by atoms with Gasteiger partial charge in [0.15, 0.2) is 0 Å². The minimum absolute atomic E-state index is 0.375. The first-order chi connectivity index (χ1) is 8.40. The van der Waals surface area contributed by atoms with Crippen LogP contribution in [0.3, 0.4) is 0 Å². The first kappa shape index (κ1) is 14.5. The lowest BCUT2D eigenvalue weighted by molar-refractivity contribution is 0.0523. The number of carbonyl (C=O) groups excluding carboxylic acids is 1. The molecule has 0 saturated carbocycles. The molecule has 0 spiro atoms. The van der Waals surface area contributed by atoms with E-state index in [4.69, 9.17) is 10.6 Å². The van der Waals surface area contributed by atoms with Gasteiger partial charge < -0.3 is 10.1 Å². The van der Waals surface area contributed by atoms with Crippen LogP contribution < -0.4 is 11.2 Å². The summed E-state index contributed by atoms with van der Waals surface area (Å²) in [5.74, 6) is 4.98. The molecule has 1 aromatic carbocycles. The number of ether oxygens (including phenoxy) is 1. The number of hydrogen-bond donors (Lipinski definition) is 2. The Morgan fingerprint density at radius 3 is 2.28 bits per heavy atom. The van der Waals surface area contributed by atoms with E-state index < -0.39 is 11.7 Å². The smallest absolute Gasteiger partial charge is 0.407 e. The van der Waals surface area contributed by atoms with Gasteiger partial charge in [0, 0.05) is 6.54 Å². The highest BCUT2D eigenvalue weighted by atomic mass is 16.6. The van der Waals surface area contributed by atoms with Crippen molar-refractivity contribution in [2.75, 3.05) is 0 Å². The molecule has 18 heavy (non-hydrogen) atoms. The average molecular weight is 252 g/mol. The highest BCUT2D eigenvalue weighted by Gasteiger charge is 2.15. The lowest BCUT2D eigenvalue weighted by atomic mass is 10.1.